The van der Waals surface area contributed by atoms with Gasteiger partial charge in [-0.3, -0.25) is 14.5 Å². The summed E-state index contributed by atoms with van der Waals surface area (Å²) in [4.78, 5) is 25.2. The van der Waals surface area contributed by atoms with E-state index in [1.807, 2.05) is 19.9 Å². The summed E-state index contributed by atoms with van der Waals surface area (Å²) in [6.07, 6.45) is 4.14. The van der Waals surface area contributed by atoms with Crippen LogP contribution in [0.15, 0.2) is 29.9 Å². The highest BCUT2D eigenvalue weighted by molar-refractivity contribution is 7.93. The van der Waals surface area contributed by atoms with Gasteiger partial charge >= 0.3 is 0 Å². The minimum atomic E-state index is -3.46. The number of nitrogens with two attached hydrogens (primary N) is 1. The maximum absolute atomic E-state index is 12.4. The summed E-state index contributed by atoms with van der Waals surface area (Å²) in [7, 11) is -2.03. The van der Waals surface area contributed by atoms with E-state index in [9.17, 15) is 18.5 Å². The van der Waals surface area contributed by atoms with Crippen LogP contribution in [0.25, 0.3) is 11.3 Å². The number of anilines is 1. The van der Waals surface area contributed by atoms with Crippen molar-refractivity contribution >= 4 is 32.4 Å². The third-order valence-electron chi connectivity index (χ3n) is 5.61. The number of nitriles is 1. The summed E-state index contributed by atoms with van der Waals surface area (Å²) in [5, 5.41) is 10.9. The lowest BCUT2D eigenvalue weighted by Gasteiger charge is -2.29. The number of nitrogens with zero attached hydrogens (tertiary/aromatic N) is 4. The largest absolute Gasteiger partial charge is 0.496 e. The van der Waals surface area contributed by atoms with E-state index in [1.165, 1.54) is 36.9 Å². The Balaban J connectivity index is 1.88. The first-order chi connectivity index (χ1) is 16.1. The first-order valence-electron chi connectivity index (χ1n) is 10.3. The molecule has 1 aliphatic rings. The molecule has 0 spiro atoms. The molecule has 0 bridgehead atoms. The number of methoxy groups -OCH3 is 1. The number of rotatable bonds is 8. The predicted molar refractivity (Wildman–Crippen MR) is 127 cm³/mol. The molecule has 0 radical (unpaired) electrons. The second-order valence-electron chi connectivity index (χ2n) is 8.34. The van der Waals surface area contributed by atoms with Crippen molar-refractivity contribution in [3.05, 3.63) is 52.4 Å². The quantitative estimate of drug-likeness (QED) is 0.479. The normalized spacial score (nSPS) is 13.8. The molecule has 1 aromatic carbocycles. The number of primary amides is 1. The summed E-state index contributed by atoms with van der Waals surface area (Å²) < 4.78 is 32.9. The minimum Gasteiger partial charge on any atom is -0.496 e. The van der Waals surface area contributed by atoms with Crippen molar-refractivity contribution in [1.29, 1.82) is 5.26 Å². The number of sulfonamides is 1. The maximum Gasteiger partial charge on any atom is 0.252 e. The molecule has 0 unspecified atom stereocenters. The Hall–Kier alpha value is -3.56. The molecule has 34 heavy (non-hydrogen) atoms. The number of hydrogen-bond donors (Lipinski definition) is 2. The number of ether oxygens (including phenoxy) is 1. The molecule has 0 aliphatic heterocycles. The van der Waals surface area contributed by atoms with Gasteiger partial charge < -0.3 is 10.5 Å². The molecule has 1 aliphatic carbocycles. The average Bonchev–Trinajstić information content (AvgIpc) is 3.58. The first-order valence-corrected chi connectivity index (χ1v) is 12.7. The van der Waals surface area contributed by atoms with Crippen molar-refractivity contribution in [2.45, 2.75) is 37.4 Å². The van der Waals surface area contributed by atoms with Crippen LogP contribution in [-0.4, -0.2) is 41.6 Å². The molecule has 0 saturated heterocycles. The van der Waals surface area contributed by atoms with Crippen LogP contribution in [0.4, 0.5) is 5.13 Å². The standard InChI is InChI=1S/C22H22N6O4S2/c1-22(2,17-11-33-21(27-17)28-34(30,31)13-4-5-13)18-14(16-10-25-9-12(8-23)26-16)6-7-15(20(24)29)19(18)32-3/h6-7,9-11,13H,4-5H2,1-3H3,(H2,24,29)(H,27,28). The highest BCUT2D eigenvalue weighted by Crippen LogP contribution is 2.45. The topological polar surface area (TPSA) is 161 Å². The second-order valence-corrected chi connectivity index (χ2v) is 11.2. The van der Waals surface area contributed by atoms with Gasteiger partial charge in [0.05, 0.1) is 41.7 Å². The molecule has 0 atom stereocenters. The van der Waals surface area contributed by atoms with E-state index >= 15 is 0 Å². The fraction of sp³-hybridized carbons (Fsp3) is 0.318. The number of carbonyl (C=O) groups is 1. The molecular weight excluding hydrogens is 476 g/mol. The molecule has 4 rings (SSSR count). The van der Waals surface area contributed by atoms with Gasteiger partial charge in [-0.15, -0.1) is 11.3 Å². The number of aromatic nitrogens is 3. The Morgan fingerprint density at radius 3 is 2.65 bits per heavy atom. The summed E-state index contributed by atoms with van der Waals surface area (Å²) in [5.41, 5.74) is 7.11. The lowest BCUT2D eigenvalue weighted by atomic mass is 9.77. The van der Waals surface area contributed by atoms with Crippen LogP contribution < -0.4 is 15.2 Å². The van der Waals surface area contributed by atoms with Gasteiger partial charge in [0.15, 0.2) is 10.8 Å². The molecule has 10 nitrogen and oxygen atoms in total. The van der Waals surface area contributed by atoms with E-state index in [2.05, 4.69) is 19.7 Å². The van der Waals surface area contributed by atoms with E-state index in [-0.39, 0.29) is 27.4 Å². The molecule has 1 amide bonds. The molecule has 3 N–H and O–H groups in total. The van der Waals surface area contributed by atoms with E-state index in [4.69, 9.17) is 10.5 Å². The van der Waals surface area contributed by atoms with E-state index < -0.39 is 21.3 Å². The number of hydrogen-bond acceptors (Lipinski definition) is 9. The van der Waals surface area contributed by atoms with E-state index in [0.717, 1.165) is 0 Å². The molecule has 2 heterocycles. The van der Waals surface area contributed by atoms with Crippen molar-refractivity contribution in [2.24, 2.45) is 5.73 Å². The molecule has 12 heteroatoms. The first kappa shape index (κ1) is 23.6. The van der Waals surface area contributed by atoms with E-state index in [0.29, 0.717) is 35.4 Å². The lowest BCUT2D eigenvalue weighted by molar-refractivity contribution is 0.0997. The van der Waals surface area contributed by atoms with Crippen LogP contribution in [0, 0.1) is 11.3 Å². The Morgan fingerprint density at radius 1 is 1.29 bits per heavy atom. The SMILES string of the molecule is COc1c(C(N)=O)ccc(-c2cncc(C#N)n2)c1C(C)(C)c1csc(NS(=O)(=O)C2CC2)n1. The molecule has 1 saturated carbocycles. The summed E-state index contributed by atoms with van der Waals surface area (Å²) >= 11 is 1.17. The van der Waals surface area contributed by atoms with Crippen molar-refractivity contribution in [1.82, 2.24) is 15.0 Å². The Labute approximate surface area is 200 Å². The third-order valence-corrected chi connectivity index (χ3v) is 8.33. The Bertz CT molecular complexity index is 1420. The highest BCUT2D eigenvalue weighted by Gasteiger charge is 2.38. The summed E-state index contributed by atoms with van der Waals surface area (Å²) in [6, 6.07) is 5.18. The number of amides is 1. The molecule has 3 aromatic rings. The smallest absolute Gasteiger partial charge is 0.252 e. The summed E-state index contributed by atoms with van der Waals surface area (Å²) in [6.45, 7) is 3.74. The van der Waals surface area contributed by atoms with Crippen LogP contribution in [0.3, 0.4) is 0 Å². The Morgan fingerprint density at radius 2 is 2.03 bits per heavy atom. The molecule has 2 aromatic heterocycles. The average molecular weight is 499 g/mol. The lowest BCUT2D eigenvalue weighted by Crippen LogP contribution is -2.24. The van der Waals surface area contributed by atoms with Crippen molar-refractivity contribution in [2.75, 3.05) is 11.8 Å². The number of thiazole rings is 1. The zero-order valence-corrected chi connectivity index (χ0v) is 20.3. The number of nitrogens with one attached hydrogen (secondary N) is 1. The van der Waals surface area contributed by atoms with Crippen LogP contribution in [0.5, 0.6) is 5.75 Å². The van der Waals surface area contributed by atoms with E-state index in [1.54, 1.807) is 11.4 Å². The van der Waals surface area contributed by atoms with Gasteiger partial charge in [-0.25, -0.2) is 18.4 Å². The van der Waals surface area contributed by atoms with Crippen LogP contribution in [0.1, 0.15) is 54.0 Å². The Kier molecular flexibility index (Phi) is 6.01. The third kappa shape index (κ3) is 4.32. The van der Waals surface area contributed by atoms with Gasteiger partial charge in [0.25, 0.3) is 5.91 Å². The predicted octanol–water partition coefficient (Wildman–Crippen LogP) is 2.81. The van der Waals surface area contributed by atoms with Gasteiger partial charge in [0.1, 0.15) is 11.8 Å². The zero-order chi connectivity index (χ0) is 24.7. The minimum absolute atomic E-state index is 0.129. The fourth-order valence-corrected chi connectivity index (χ4v) is 6.17. The van der Waals surface area contributed by atoms with Gasteiger partial charge in [-0.2, -0.15) is 5.26 Å². The van der Waals surface area contributed by atoms with Gasteiger partial charge in [0.2, 0.25) is 10.0 Å². The van der Waals surface area contributed by atoms with Crippen LogP contribution in [-0.2, 0) is 15.4 Å². The highest BCUT2D eigenvalue weighted by atomic mass is 32.2. The van der Waals surface area contributed by atoms with Crippen molar-refractivity contribution in [3.63, 3.8) is 0 Å². The van der Waals surface area contributed by atoms with Crippen LogP contribution in [0.2, 0.25) is 0 Å². The van der Waals surface area contributed by atoms with Crippen LogP contribution >= 0.6 is 11.3 Å². The van der Waals surface area contributed by atoms with Crippen molar-refractivity contribution in [3.8, 4) is 23.1 Å². The maximum atomic E-state index is 12.4. The molecular formula is C22H22N6O4S2. The number of benzene rings is 1. The second kappa shape index (κ2) is 8.66. The fourth-order valence-electron chi connectivity index (χ4n) is 3.69. The van der Waals surface area contributed by atoms with Gasteiger partial charge in [0, 0.05) is 21.9 Å². The van der Waals surface area contributed by atoms with Gasteiger partial charge in [-0.05, 0) is 32.8 Å². The summed E-state index contributed by atoms with van der Waals surface area (Å²) in [5.74, 6) is -0.430. The molecule has 1 fully saturated rings. The van der Waals surface area contributed by atoms with Crippen molar-refractivity contribution < 1.29 is 17.9 Å². The zero-order valence-electron chi connectivity index (χ0n) is 18.7. The monoisotopic (exact) mass is 498 g/mol. The molecule has 176 valence electrons. The van der Waals surface area contributed by atoms with Gasteiger partial charge in [-0.1, -0.05) is 6.07 Å². The number of carbonyl (C=O) groups excluding carboxylic acids is 1.